The summed E-state index contributed by atoms with van der Waals surface area (Å²) >= 11 is 0. The Labute approximate surface area is 112 Å². The van der Waals surface area contributed by atoms with Gasteiger partial charge in [0.05, 0.1) is 0 Å². The molecule has 19 heavy (non-hydrogen) atoms. The van der Waals surface area contributed by atoms with Gasteiger partial charge >= 0.3 is 0 Å². The first-order chi connectivity index (χ1) is 9.13. The normalized spacial score (nSPS) is 18.5. The maximum absolute atomic E-state index is 11.3. The van der Waals surface area contributed by atoms with E-state index in [4.69, 9.17) is 0 Å². The van der Waals surface area contributed by atoms with Crippen molar-refractivity contribution in [1.29, 1.82) is 0 Å². The molecule has 0 spiro atoms. The minimum Gasteiger partial charge on any atom is -0.301 e. The molecule has 0 saturated carbocycles. The molecule has 0 aliphatic carbocycles. The highest BCUT2D eigenvalue weighted by atomic mass is 16.1. The van der Waals surface area contributed by atoms with E-state index in [1.165, 1.54) is 0 Å². The second kappa shape index (κ2) is 4.81. The van der Waals surface area contributed by atoms with Crippen LogP contribution in [0.25, 0.3) is 5.65 Å². The molecule has 0 bridgehead atoms. The second-order valence-electron chi connectivity index (χ2n) is 5.60. The van der Waals surface area contributed by atoms with E-state index in [1.807, 2.05) is 4.52 Å². The molecule has 0 radical (unpaired) electrons. The van der Waals surface area contributed by atoms with Crippen LogP contribution in [-0.4, -0.2) is 38.6 Å². The van der Waals surface area contributed by atoms with E-state index in [1.54, 1.807) is 18.3 Å². The van der Waals surface area contributed by atoms with E-state index in [0.29, 0.717) is 17.6 Å². The van der Waals surface area contributed by atoms with Gasteiger partial charge in [-0.2, -0.15) is 0 Å². The maximum atomic E-state index is 11.3. The summed E-state index contributed by atoms with van der Waals surface area (Å²) in [7, 11) is 0. The second-order valence-corrected chi connectivity index (χ2v) is 5.60. The molecule has 5 heteroatoms. The summed E-state index contributed by atoms with van der Waals surface area (Å²) in [5.41, 5.74) is 0.724. The minimum atomic E-state index is 0.00711. The molecule has 1 aliphatic heterocycles. The fraction of sp³-hybridized carbons (Fsp3) is 0.571. The first-order valence-electron chi connectivity index (χ1n) is 6.96. The fourth-order valence-corrected chi connectivity index (χ4v) is 2.79. The molecule has 0 aromatic carbocycles. The Kier molecular flexibility index (Phi) is 3.14. The van der Waals surface area contributed by atoms with Gasteiger partial charge in [0, 0.05) is 30.3 Å². The number of pyridine rings is 1. The number of aromatic nitrogens is 3. The van der Waals surface area contributed by atoms with Crippen LogP contribution in [0.1, 0.15) is 38.4 Å². The fourth-order valence-electron chi connectivity index (χ4n) is 2.79. The van der Waals surface area contributed by atoms with Crippen LogP contribution in [0.3, 0.4) is 0 Å². The van der Waals surface area contributed by atoms with Crippen LogP contribution in [0.2, 0.25) is 0 Å². The van der Waals surface area contributed by atoms with E-state index in [-0.39, 0.29) is 5.43 Å². The Balaban J connectivity index is 1.80. The van der Waals surface area contributed by atoms with Gasteiger partial charge in [-0.25, -0.2) is 9.50 Å². The minimum absolute atomic E-state index is 0.00711. The van der Waals surface area contributed by atoms with E-state index >= 15 is 0 Å². The lowest BCUT2D eigenvalue weighted by Crippen LogP contribution is -2.38. The molecule has 0 unspecified atom stereocenters. The van der Waals surface area contributed by atoms with Gasteiger partial charge in [-0.3, -0.25) is 9.89 Å². The van der Waals surface area contributed by atoms with Gasteiger partial charge in [0.25, 0.3) is 0 Å². The molecule has 3 rings (SSSR count). The predicted molar refractivity (Wildman–Crippen MR) is 74.5 cm³/mol. The van der Waals surface area contributed by atoms with Crippen molar-refractivity contribution >= 4 is 5.65 Å². The molecule has 0 atom stereocenters. The third-order valence-electron chi connectivity index (χ3n) is 4.02. The van der Waals surface area contributed by atoms with Crippen molar-refractivity contribution in [2.45, 2.75) is 38.6 Å². The van der Waals surface area contributed by atoms with Gasteiger partial charge in [0.1, 0.15) is 5.82 Å². The smallest absolute Gasteiger partial charge is 0.183 e. The average Bonchev–Trinajstić information content (AvgIpc) is 2.81. The van der Waals surface area contributed by atoms with E-state index in [0.717, 1.165) is 31.8 Å². The van der Waals surface area contributed by atoms with Crippen molar-refractivity contribution in [3.8, 4) is 0 Å². The number of rotatable bonds is 2. The summed E-state index contributed by atoms with van der Waals surface area (Å²) in [4.78, 5) is 18.4. The van der Waals surface area contributed by atoms with Crippen LogP contribution >= 0.6 is 0 Å². The molecule has 1 aliphatic rings. The SMILES string of the molecule is CC(C)N1CCC(c2nc3cc(=O)ccn3[nH]2)CC1. The first kappa shape index (κ1) is 12.4. The monoisotopic (exact) mass is 260 g/mol. The van der Waals surface area contributed by atoms with Crippen LogP contribution in [0.15, 0.2) is 23.1 Å². The Morgan fingerprint density at radius 3 is 2.79 bits per heavy atom. The number of piperidine rings is 1. The molecule has 2 aromatic rings. The lowest BCUT2D eigenvalue weighted by Gasteiger charge is -2.33. The quantitative estimate of drug-likeness (QED) is 0.892. The third kappa shape index (κ3) is 2.42. The Morgan fingerprint density at radius 1 is 1.37 bits per heavy atom. The summed E-state index contributed by atoms with van der Waals surface area (Å²) in [6, 6.07) is 3.74. The maximum Gasteiger partial charge on any atom is 0.183 e. The predicted octanol–water partition coefficient (Wildman–Crippen LogP) is 1.61. The zero-order chi connectivity index (χ0) is 13.4. The van der Waals surface area contributed by atoms with E-state index in [9.17, 15) is 4.79 Å². The van der Waals surface area contributed by atoms with E-state index in [2.05, 4.69) is 28.8 Å². The molecule has 0 amide bonds. The van der Waals surface area contributed by atoms with E-state index < -0.39 is 0 Å². The molecule has 1 N–H and O–H groups in total. The van der Waals surface area contributed by atoms with Crippen molar-refractivity contribution in [2.24, 2.45) is 0 Å². The van der Waals surface area contributed by atoms with Gasteiger partial charge in [0.2, 0.25) is 0 Å². The number of hydrogen-bond acceptors (Lipinski definition) is 3. The zero-order valence-electron chi connectivity index (χ0n) is 11.5. The summed E-state index contributed by atoms with van der Waals surface area (Å²) in [6.07, 6.45) is 4.00. The van der Waals surface area contributed by atoms with Crippen molar-refractivity contribution in [2.75, 3.05) is 13.1 Å². The molecule has 3 heterocycles. The summed E-state index contributed by atoms with van der Waals surface area (Å²) in [6.45, 7) is 6.73. The van der Waals surface area contributed by atoms with Gasteiger partial charge in [-0.1, -0.05) is 0 Å². The summed E-state index contributed by atoms with van der Waals surface area (Å²) in [5, 5.41) is 3.28. The highest BCUT2D eigenvalue weighted by Gasteiger charge is 2.24. The molecule has 102 valence electrons. The van der Waals surface area contributed by atoms with Crippen LogP contribution in [-0.2, 0) is 0 Å². The standard InChI is InChI=1S/C14H20N4O/c1-10(2)17-6-3-11(4-7-17)14-15-13-9-12(19)5-8-18(13)16-14/h5,8-11H,3-4,6-7H2,1-2H3,(H,15,16). The lowest BCUT2D eigenvalue weighted by atomic mass is 9.95. The third-order valence-corrected chi connectivity index (χ3v) is 4.02. The zero-order valence-corrected chi connectivity index (χ0v) is 11.5. The number of likely N-dealkylation sites (tertiary alicyclic amines) is 1. The molecule has 1 fully saturated rings. The molecule has 2 aromatic heterocycles. The Morgan fingerprint density at radius 2 is 2.11 bits per heavy atom. The lowest BCUT2D eigenvalue weighted by molar-refractivity contribution is 0.169. The Hall–Kier alpha value is -1.62. The number of aromatic amines is 1. The highest BCUT2D eigenvalue weighted by molar-refractivity contribution is 5.36. The van der Waals surface area contributed by atoms with Crippen LogP contribution < -0.4 is 5.43 Å². The summed E-state index contributed by atoms with van der Waals surface area (Å²) in [5.74, 6) is 1.49. The number of fused-ring (bicyclic) bond motifs is 1. The largest absolute Gasteiger partial charge is 0.301 e. The van der Waals surface area contributed by atoms with Crippen molar-refractivity contribution < 1.29 is 0 Å². The molecular weight excluding hydrogens is 240 g/mol. The number of H-pyrrole nitrogens is 1. The number of hydrogen-bond donors (Lipinski definition) is 1. The van der Waals surface area contributed by atoms with Gasteiger partial charge in [-0.05, 0) is 39.8 Å². The molecule has 5 nitrogen and oxygen atoms in total. The van der Waals surface area contributed by atoms with Crippen LogP contribution in [0.5, 0.6) is 0 Å². The van der Waals surface area contributed by atoms with Crippen molar-refractivity contribution in [1.82, 2.24) is 19.5 Å². The van der Waals surface area contributed by atoms with Gasteiger partial charge in [0.15, 0.2) is 11.1 Å². The van der Waals surface area contributed by atoms with Crippen molar-refractivity contribution in [3.63, 3.8) is 0 Å². The van der Waals surface area contributed by atoms with Crippen LogP contribution in [0.4, 0.5) is 0 Å². The molecule has 1 saturated heterocycles. The van der Waals surface area contributed by atoms with Crippen molar-refractivity contribution in [3.05, 3.63) is 34.4 Å². The average molecular weight is 260 g/mol. The van der Waals surface area contributed by atoms with Gasteiger partial charge < -0.3 is 4.90 Å². The first-order valence-corrected chi connectivity index (χ1v) is 6.96. The Bertz CT molecular complexity index is 620. The topological polar surface area (TPSA) is 53.4 Å². The van der Waals surface area contributed by atoms with Gasteiger partial charge in [-0.15, -0.1) is 0 Å². The van der Waals surface area contributed by atoms with Crippen LogP contribution in [0, 0.1) is 0 Å². The number of nitrogens with one attached hydrogen (secondary N) is 1. The highest BCUT2D eigenvalue weighted by Crippen LogP contribution is 2.26. The number of nitrogens with zero attached hydrogens (tertiary/aromatic N) is 3. The summed E-state index contributed by atoms with van der Waals surface area (Å²) < 4.78 is 1.82. The molecular formula is C14H20N4O.